The first kappa shape index (κ1) is 24.9. The average molecular weight is 532 g/mol. The van der Waals surface area contributed by atoms with Gasteiger partial charge in [0.15, 0.2) is 5.16 Å². The van der Waals surface area contributed by atoms with E-state index in [9.17, 15) is 0 Å². The Morgan fingerprint density at radius 1 is 1.00 bits per heavy atom. The van der Waals surface area contributed by atoms with Gasteiger partial charge in [-0.1, -0.05) is 79.3 Å². The molecule has 0 unspecified atom stereocenters. The number of nitrogens with zero attached hydrogens (tertiary/aromatic N) is 3. The van der Waals surface area contributed by atoms with Gasteiger partial charge in [0.2, 0.25) is 0 Å². The van der Waals surface area contributed by atoms with E-state index >= 15 is 0 Å². The molecule has 37 heavy (non-hydrogen) atoms. The first-order valence-electron chi connectivity index (χ1n) is 13.3. The van der Waals surface area contributed by atoms with Crippen molar-refractivity contribution in [2.24, 2.45) is 0 Å². The van der Waals surface area contributed by atoms with Crippen LogP contribution in [-0.2, 0) is 17.8 Å². The molecule has 7 heteroatoms. The number of hydrogen-bond acceptors (Lipinski definition) is 6. The second-order valence-corrected chi connectivity index (χ2v) is 12.9. The standard InChI is InChI=1S/C30H34N4OS2/c1-4-36-29-31-27(25-23-19-30(2,3)35-20-24(23)37-28(25)32-29)34-17-15-33(16-18-34)26(21-11-7-5-8-12-21)22-13-9-6-10-14-22/h5-14,26H,4,15-20H2,1-3H3/p+1. The van der Waals surface area contributed by atoms with E-state index in [4.69, 9.17) is 14.7 Å². The largest absolute Gasteiger partial charge is 0.370 e. The molecule has 0 spiro atoms. The Balaban J connectivity index is 1.33. The van der Waals surface area contributed by atoms with Crippen molar-refractivity contribution in [3.8, 4) is 0 Å². The van der Waals surface area contributed by atoms with Gasteiger partial charge in [-0.2, -0.15) is 0 Å². The van der Waals surface area contributed by atoms with Gasteiger partial charge in [0.25, 0.3) is 0 Å². The lowest BCUT2D eigenvalue weighted by molar-refractivity contribution is -0.926. The molecule has 0 amide bonds. The number of benzene rings is 2. The van der Waals surface area contributed by atoms with E-state index < -0.39 is 0 Å². The summed E-state index contributed by atoms with van der Waals surface area (Å²) >= 11 is 3.53. The summed E-state index contributed by atoms with van der Waals surface area (Å²) in [6.45, 7) is 11.3. The number of anilines is 1. The Labute approximate surface area is 227 Å². The minimum atomic E-state index is -0.156. The molecule has 0 bridgehead atoms. The van der Waals surface area contributed by atoms with Crippen LogP contribution in [-0.4, -0.2) is 47.5 Å². The van der Waals surface area contributed by atoms with Crippen molar-refractivity contribution in [2.45, 2.75) is 50.6 Å². The van der Waals surface area contributed by atoms with Crippen LogP contribution in [0.3, 0.4) is 0 Å². The van der Waals surface area contributed by atoms with Crippen molar-refractivity contribution in [3.63, 3.8) is 0 Å². The van der Waals surface area contributed by atoms with Crippen LogP contribution < -0.4 is 9.80 Å². The molecule has 4 heterocycles. The first-order valence-corrected chi connectivity index (χ1v) is 15.1. The maximum absolute atomic E-state index is 6.15. The quantitative estimate of drug-likeness (QED) is 0.275. The van der Waals surface area contributed by atoms with Gasteiger partial charge >= 0.3 is 0 Å². The summed E-state index contributed by atoms with van der Waals surface area (Å²) in [7, 11) is 0. The molecule has 2 aromatic heterocycles. The fraction of sp³-hybridized carbons (Fsp3) is 0.400. The average Bonchev–Trinajstić information content (AvgIpc) is 3.27. The lowest BCUT2D eigenvalue weighted by atomic mass is 9.94. The molecule has 192 valence electrons. The third kappa shape index (κ3) is 5.02. The van der Waals surface area contributed by atoms with E-state index in [1.54, 1.807) is 28.0 Å². The van der Waals surface area contributed by atoms with Gasteiger partial charge in [-0.15, -0.1) is 11.3 Å². The van der Waals surface area contributed by atoms with E-state index in [1.165, 1.54) is 27.0 Å². The Bertz CT molecular complexity index is 1330. The van der Waals surface area contributed by atoms with Crippen molar-refractivity contribution in [2.75, 3.05) is 36.8 Å². The number of thioether (sulfide) groups is 1. The smallest absolute Gasteiger partial charge is 0.190 e. The number of nitrogens with one attached hydrogen (secondary N) is 1. The molecule has 2 aromatic carbocycles. The van der Waals surface area contributed by atoms with Gasteiger partial charge in [-0.25, -0.2) is 9.97 Å². The molecule has 0 saturated carbocycles. The van der Waals surface area contributed by atoms with E-state index in [-0.39, 0.29) is 5.60 Å². The van der Waals surface area contributed by atoms with Gasteiger partial charge in [0.1, 0.15) is 16.7 Å². The molecule has 6 rings (SSSR count). The zero-order valence-corrected chi connectivity index (χ0v) is 23.5. The topological polar surface area (TPSA) is 42.7 Å². The molecular formula is C30H35N4OS2+. The maximum atomic E-state index is 6.15. The summed E-state index contributed by atoms with van der Waals surface area (Å²) in [6.07, 6.45) is 0.911. The van der Waals surface area contributed by atoms with E-state index in [1.807, 2.05) is 0 Å². The van der Waals surface area contributed by atoms with Crippen molar-refractivity contribution in [3.05, 3.63) is 82.2 Å². The fourth-order valence-electron chi connectivity index (χ4n) is 5.78. The van der Waals surface area contributed by atoms with Crippen LogP contribution >= 0.6 is 23.1 Å². The number of fused-ring (bicyclic) bond motifs is 3. The summed E-state index contributed by atoms with van der Waals surface area (Å²) < 4.78 is 6.15. The van der Waals surface area contributed by atoms with Crippen LogP contribution in [0.1, 0.15) is 48.4 Å². The summed E-state index contributed by atoms with van der Waals surface area (Å²) in [6, 6.07) is 22.3. The van der Waals surface area contributed by atoms with Gasteiger partial charge in [0, 0.05) is 22.4 Å². The predicted octanol–water partition coefficient (Wildman–Crippen LogP) is 5.15. The molecule has 1 fully saturated rings. The molecule has 1 saturated heterocycles. The molecule has 5 nitrogen and oxygen atoms in total. The van der Waals surface area contributed by atoms with Gasteiger partial charge in [0.05, 0.1) is 43.8 Å². The Kier molecular flexibility index (Phi) is 6.97. The second-order valence-electron chi connectivity index (χ2n) is 10.6. The Morgan fingerprint density at radius 2 is 1.65 bits per heavy atom. The highest BCUT2D eigenvalue weighted by atomic mass is 32.2. The molecule has 0 atom stereocenters. The van der Waals surface area contributed by atoms with Crippen LogP contribution in [0.25, 0.3) is 10.2 Å². The minimum absolute atomic E-state index is 0.156. The van der Waals surface area contributed by atoms with Crippen LogP contribution in [0.4, 0.5) is 5.82 Å². The van der Waals surface area contributed by atoms with Crippen LogP contribution in [0.5, 0.6) is 0 Å². The number of quaternary nitrogens is 1. The lowest BCUT2D eigenvalue weighted by Crippen LogP contribution is -3.15. The minimum Gasteiger partial charge on any atom is -0.370 e. The molecule has 4 aromatic rings. The SMILES string of the molecule is CCSc1nc(N2CC[NH+](C(c3ccccc3)c3ccccc3)CC2)c2c3c(sc2n1)COC(C)(C)C3. The highest BCUT2D eigenvalue weighted by Crippen LogP contribution is 2.42. The molecule has 0 radical (unpaired) electrons. The second kappa shape index (κ2) is 10.4. The molecule has 2 aliphatic rings. The first-order chi connectivity index (χ1) is 18.0. The monoisotopic (exact) mass is 531 g/mol. The number of rotatable bonds is 6. The normalized spacial score (nSPS) is 17.9. The third-order valence-corrected chi connectivity index (χ3v) is 9.37. The highest BCUT2D eigenvalue weighted by molar-refractivity contribution is 7.99. The number of hydrogen-bond donors (Lipinski definition) is 1. The molecule has 1 N–H and O–H groups in total. The van der Waals surface area contributed by atoms with Crippen LogP contribution in [0.15, 0.2) is 65.8 Å². The van der Waals surface area contributed by atoms with Crippen molar-refractivity contribution >= 4 is 39.1 Å². The third-order valence-electron chi connectivity index (χ3n) is 7.54. The van der Waals surface area contributed by atoms with Gasteiger partial charge in [-0.05, 0) is 25.2 Å². The van der Waals surface area contributed by atoms with Gasteiger partial charge < -0.3 is 14.5 Å². The summed E-state index contributed by atoms with van der Waals surface area (Å²) in [5, 5.41) is 2.16. The van der Waals surface area contributed by atoms with Gasteiger partial charge in [-0.3, -0.25) is 0 Å². The number of aromatic nitrogens is 2. The molecule has 2 aliphatic heterocycles. The number of thiophene rings is 1. The lowest BCUT2D eigenvalue weighted by Gasteiger charge is -2.38. The van der Waals surface area contributed by atoms with E-state index in [0.717, 1.165) is 54.2 Å². The zero-order chi connectivity index (χ0) is 25.4. The van der Waals surface area contributed by atoms with E-state index in [2.05, 4.69) is 86.3 Å². The predicted molar refractivity (Wildman–Crippen MR) is 154 cm³/mol. The molecule has 0 aliphatic carbocycles. The zero-order valence-electron chi connectivity index (χ0n) is 21.9. The maximum Gasteiger partial charge on any atom is 0.190 e. The number of piperazine rings is 1. The van der Waals surface area contributed by atoms with Crippen LogP contribution in [0, 0.1) is 0 Å². The Hall–Kier alpha value is -2.45. The Morgan fingerprint density at radius 3 is 2.27 bits per heavy atom. The summed E-state index contributed by atoms with van der Waals surface area (Å²) in [5.41, 5.74) is 4.02. The van der Waals surface area contributed by atoms with E-state index in [0.29, 0.717) is 12.6 Å². The molecular weight excluding hydrogens is 496 g/mol. The van der Waals surface area contributed by atoms with Crippen molar-refractivity contribution < 1.29 is 9.64 Å². The van der Waals surface area contributed by atoms with Crippen molar-refractivity contribution in [1.82, 2.24) is 9.97 Å². The van der Waals surface area contributed by atoms with Crippen molar-refractivity contribution in [1.29, 1.82) is 0 Å². The number of ether oxygens (including phenoxy) is 1. The highest BCUT2D eigenvalue weighted by Gasteiger charge is 2.34. The van der Waals surface area contributed by atoms with Crippen LogP contribution in [0.2, 0.25) is 0 Å². The summed E-state index contributed by atoms with van der Waals surface area (Å²) in [4.78, 5) is 16.7. The fourth-order valence-corrected chi connectivity index (χ4v) is 7.50. The summed E-state index contributed by atoms with van der Waals surface area (Å²) in [5.74, 6) is 2.10.